The van der Waals surface area contributed by atoms with Crippen LogP contribution >= 0.6 is 15.9 Å². The van der Waals surface area contributed by atoms with Crippen molar-refractivity contribution in [3.8, 4) is 11.5 Å². The van der Waals surface area contributed by atoms with Crippen molar-refractivity contribution in [2.24, 2.45) is 0 Å². The van der Waals surface area contributed by atoms with Crippen LogP contribution in [0, 0.1) is 11.6 Å². The maximum atomic E-state index is 14.0. The number of halogens is 3. The molecule has 0 saturated carbocycles. The highest BCUT2D eigenvalue weighted by molar-refractivity contribution is 9.10. The van der Waals surface area contributed by atoms with Gasteiger partial charge in [-0.25, -0.2) is 8.78 Å². The van der Waals surface area contributed by atoms with Gasteiger partial charge in [0, 0.05) is 26.9 Å². The van der Waals surface area contributed by atoms with E-state index in [1.165, 1.54) is 31.4 Å². The molecule has 0 atom stereocenters. The predicted octanol–water partition coefficient (Wildman–Crippen LogP) is 5.81. The molecule has 1 N–H and O–H groups in total. The van der Waals surface area contributed by atoms with E-state index in [9.17, 15) is 13.6 Å². The second kappa shape index (κ2) is 8.28. The van der Waals surface area contributed by atoms with Gasteiger partial charge in [0.25, 0.3) is 5.91 Å². The largest absolute Gasteiger partial charge is 0.493 e. The second-order valence-corrected chi connectivity index (χ2v) is 7.55. The van der Waals surface area contributed by atoms with Gasteiger partial charge in [-0.2, -0.15) is 0 Å². The Bertz CT molecular complexity index is 1180. The Morgan fingerprint density at radius 1 is 1.03 bits per heavy atom. The molecule has 1 heterocycles. The van der Waals surface area contributed by atoms with Gasteiger partial charge in [0.15, 0.2) is 11.5 Å². The number of carbonyl (C=O) groups excluding carboxylic acids is 1. The third-order valence-corrected chi connectivity index (χ3v) is 5.15. The van der Waals surface area contributed by atoms with Gasteiger partial charge in [-0.05, 0) is 54.1 Å². The standard InChI is InChI=1S/C23H16BrF2NO3/c1-29-22-9-13(8-18-17-11-16(25)5-6-20(17)27-23(18)28)2-7-21(22)30-12-14-3-4-15(24)10-19(14)26/h2-11H,12H2,1H3,(H,27,28)/b18-8-. The molecule has 4 nitrogen and oxygen atoms in total. The molecule has 1 amide bonds. The molecule has 1 aliphatic rings. The Balaban J connectivity index is 1.59. The second-order valence-electron chi connectivity index (χ2n) is 6.64. The lowest BCUT2D eigenvalue weighted by atomic mass is 10.0. The maximum absolute atomic E-state index is 14.0. The van der Waals surface area contributed by atoms with E-state index < -0.39 is 5.82 Å². The van der Waals surface area contributed by atoms with Gasteiger partial charge in [0.2, 0.25) is 0 Å². The van der Waals surface area contributed by atoms with E-state index in [1.54, 1.807) is 36.4 Å². The van der Waals surface area contributed by atoms with Crippen LogP contribution in [0.25, 0.3) is 11.6 Å². The van der Waals surface area contributed by atoms with E-state index in [1.807, 2.05) is 0 Å². The molecule has 0 saturated heterocycles. The molecule has 0 radical (unpaired) electrons. The van der Waals surface area contributed by atoms with Crippen LogP contribution < -0.4 is 14.8 Å². The lowest BCUT2D eigenvalue weighted by molar-refractivity contribution is -0.110. The number of hydrogen-bond acceptors (Lipinski definition) is 3. The van der Waals surface area contributed by atoms with Crippen LogP contribution in [0.2, 0.25) is 0 Å². The van der Waals surface area contributed by atoms with Crippen molar-refractivity contribution >= 4 is 39.2 Å². The molecule has 4 rings (SSSR count). The Kier molecular flexibility index (Phi) is 5.55. The summed E-state index contributed by atoms with van der Waals surface area (Å²) >= 11 is 3.22. The summed E-state index contributed by atoms with van der Waals surface area (Å²) in [6.45, 7) is 0.0327. The number of rotatable bonds is 5. The number of nitrogens with one attached hydrogen (secondary N) is 1. The average Bonchev–Trinajstić information content (AvgIpc) is 3.02. The van der Waals surface area contributed by atoms with Crippen LogP contribution in [-0.4, -0.2) is 13.0 Å². The van der Waals surface area contributed by atoms with E-state index >= 15 is 0 Å². The van der Waals surface area contributed by atoms with Crippen LogP contribution in [-0.2, 0) is 11.4 Å². The fourth-order valence-electron chi connectivity index (χ4n) is 3.16. The summed E-state index contributed by atoms with van der Waals surface area (Å²) in [6, 6.07) is 14.0. The van der Waals surface area contributed by atoms with Gasteiger partial charge in [0.1, 0.15) is 18.2 Å². The molecule has 30 heavy (non-hydrogen) atoms. The van der Waals surface area contributed by atoms with Gasteiger partial charge in [0.05, 0.1) is 7.11 Å². The number of fused-ring (bicyclic) bond motifs is 1. The van der Waals surface area contributed by atoms with E-state index in [0.29, 0.717) is 43.9 Å². The summed E-state index contributed by atoms with van der Waals surface area (Å²) in [4.78, 5) is 12.3. The number of methoxy groups -OCH3 is 1. The number of benzene rings is 3. The zero-order valence-corrected chi connectivity index (χ0v) is 17.4. The summed E-state index contributed by atoms with van der Waals surface area (Å²) in [5, 5.41) is 2.71. The molecule has 7 heteroatoms. The first kappa shape index (κ1) is 20.1. The Morgan fingerprint density at radius 2 is 1.87 bits per heavy atom. The van der Waals surface area contributed by atoms with Crippen molar-refractivity contribution in [3.05, 3.63) is 87.4 Å². The van der Waals surface area contributed by atoms with Crippen LogP contribution in [0.5, 0.6) is 11.5 Å². The Morgan fingerprint density at radius 3 is 2.63 bits per heavy atom. The highest BCUT2D eigenvalue weighted by Gasteiger charge is 2.24. The number of hydrogen-bond donors (Lipinski definition) is 1. The fourth-order valence-corrected chi connectivity index (χ4v) is 3.49. The molecule has 0 fully saturated rings. The summed E-state index contributed by atoms with van der Waals surface area (Å²) in [5.74, 6) is -0.231. The third kappa shape index (κ3) is 4.07. The monoisotopic (exact) mass is 471 g/mol. The summed E-state index contributed by atoms with van der Waals surface area (Å²) < 4.78 is 39.4. The van der Waals surface area contributed by atoms with Crippen molar-refractivity contribution in [2.45, 2.75) is 6.61 Å². The molecular formula is C23H16BrF2NO3. The highest BCUT2D eigenvalue weighted by Crippen LogP contribution is 2.35. The van der Waals surface area contributed by atoms with Gasteiger partial charge < -0.3 is 14.8 Å². The summed E-state index contributed by atoms with van der Waals surface area (Å²) in [6.07, 6.45) is 1.65. The van der Waals surface area contributed by atoms with Crippen molar-refractivity contribution in [3.63, 3.8) is 0 Å². The first-order valence-corrected chi connectivity index (χ1v) is 9.81. The topological polar surface area (TPSA) is 47.6 Å². The number of ether oxygens (including phenoxy) is 2. The van der Waals surface area contributed by atoms with Gasteiger partial charge in [-0.3, -0.25) is 4.79 Å². The normalized spacial score (nSPS) is 13.9. The minimum absolute atomic E-state index is 0.0327. The lowest BCUT2D eigenvalue weighted by Crippen LogP contribution is -2.03. The van der Waals surface area contributed by atoms with Crippen LogP contribution in [0.4, 0.5) is 14.5 Å². The molecule has 152 valence electrons. The first-order chi connectivity index (χ1) is 14.4. The smallest absolute Gasteiger partial charge is 0.256 e. The zero-order valence-electron chi connectivity index (χ0n) is 15.8. The van der Waals surface area contributed by atoms with Crippen molar-refractivity contribution < 1.29 is 23.0 Å². The van der Waals surface area contributed by atoms with Gasteiger partial charge >= 0.3 is 0 Å². The van der Waals surface area contributed by atoms with Gasteiger partial charge in [-0.15, -0.1) is 0 Å². The molecule has 0 aliphatic carbocycles. The Labute approximate surface area is 180 Å². The average molecular weight is 472 g/mol. The summed E-state index contributed by atoms with van der Waals surface area (Å²) in [7, 11) is 1.49. The van der Waals surface area contributed by atoms with Crippen molar-refractivity contribution in [1.29, 1.82) is 0 Å². The SMILES string of the molecule is COc1cc(/C=C2\C(=O)Nc3ccc(F)cc32)ccc1OCc1ccc(Br)cc1F. The molecule has 3 aromatic rings. The number of anilines is 1. The lowest BCUT2D eigenvalue weighted by Gasteiger charge is -2.12. The van der Waals surface area contributed by atoms with E-state index in [4.69, 9.17) is 9.47 Å². The maximum Gasteiger partial charge on any atom is 0.256 e. The molecule has 0 unspecified atom stereocenters. The van der Waals surface area contributed by atoms with Gasteiger partial charge in [-0.1, -0.05) is 28.1 Å². The number of amides is 1. The predicted molar refractivity (Wildman–Crippen MR) is 114 cm³/mol. The molecule has 0 bridgehead atoms. The first-order valence-electron chi connectivity index (χ1n) is 9.02. The quantitative estimate of drug-likeness (QED) is 0.477. The zero-order chi connectivity index (χ0) is 21.3. The third-order valence-electron chi connectivity index (χ3n) is 4.66. The van der Waals surface area contributed by atoms with E-state index in [0.717, 1.165) is 0 Å². The molecule has 0 spiro atoms. The minimum atomic E-state index is -0.419. The van der Waals surface area contributed by atoms with Crippen LogP contribution in [0.3, 0.4) is 0 Å². The van der Waals surface area contributed by atoms with Crippen molar-refractivity contribution in [2.75, 3.05) is 12.4 Å². The molecular weight excluding hydrogens is 456 g/mol. The van der Waals surface area contributed by atoms with E-state index in [2.05, 4.69) is 21.2 Å². The number of carbonyl (C=O) groups is 1. The van der Waals surface area contributed by atoms with Crippen molar-refractivity contribution in [1.82, 2.24) is 0 Å². The minimum Gasteiger partial charge on any atom is -0.493 e. The molecule has 3 aromatic carbocycles. The molecule has 1 aliphatic heterocycles. The highest BCUT2D eigenvalue weighted by atomic mass is 79.9. The summed E-state index contributed by atoms with van der Waals surface area (Å²) in [5.41, 5.74) is 2.52. The fraction of sp³-hybridized carbons (Fsp3) is 0.0870. The molecule has 0 aromatic heterocycles. The van der Waals surface area contributed by atoms with Crippen LogP contribution in [0.1, 0.15) is 16.7 Å². The van der Waals surface area contributed by atoms with E-state index in [-0.39, 0.29) is 18.3 Å². The van der Waals surface area contributed by atoms with Crippen LogP contribution in [0.15, 0.2) is 59.1 Å². The Hall–Kier alpha value is -3.19.